The number of amides is 5. The lowest BCUT2D eigenvalue weighted by molar-refractivity contribution is -0.139. The van der Waals surface area contributed by atoms with Crippen LogP contribution >= 0.6 is 0 Å². The van der Waals surface area contributed by atoms with Gasteiger partial charge >= 0.3 is 18.0 Å². The molecule has 228 valence electrons. The number of nitrogens with one attached hydrogen (secondary N) is 2. The Hall–Kier alpha value is -4.69. The number of rotatable bonds is 5. The molecule has 5 amide bonds. The van der Waals surface area contributed by atoms with Crippen molar-refractivity contribution < 1.29 is 41.2 Å². The van der Waals surface area contributed by atoms with Gasteiger partial charge in [-0.05, 0) is 49.1 Å². The fourth-order valence-corrected chi connectivity index (χ4v) is 5.60. The molecule has 2 N–H and O–H groups in total. The van der Waals surface area contributed by atoms with E-state index in [1.54, 1.807) is 26.0 Å². The van der Waals surface area contributed by atoms with Crippen molar-refractivity contribution >= 4 is 40.5 Å². The molecule has 2 saturated heterocycles. The topological polar surface area (TPSA) is 136 Å². The van der Waals surface area contributed by atoms with Crippen LogP contribution in [0.25, 0.3) is 11.1 Å². The number of halogens is 4. The van der Waals surface area contributed by atoms with Gasteiger partial charge in [0.1, 0.15) is 17.4 Å². The number of benzene rings is 2. The number of hydrogen-bond acceptors (Lipinski definition) is 6. The molecule has 0 bridgehead atoms. The van der Waals surface area contributed by atoms with Crippen molar-refractivity contribution in [2.45, 2.75) is 44.4 Å². The highest BCUT2D eigenvalue weighted by molar-refractivity contribution is 6.17. The summed E-state index contributed by atoms with van der Waals surface area (Å²) in [7, 11) is 1.34. The normalized spacial score (nSPS) is 17.8. The van der Waals surface area contributed by atoms with Crippen LogP contribution in [0.15, 0.2) is 45.6 Å². The maximum Gasteiger partial charge on any atom is 0.417 e. The molecule has 11 nitrogen and oxygen atoms in total. The summed E-state index contributed by atoms with van der Waals surface area (Å²) in [5.41, 5.74) is -2.50. The van der Waals surface area contributed by atoms with Crippen molar-refractivity contribution in [3.63, 3.8) is 0 Å². The summed E-state index contributed by atoms with van der Waals surface area (Å²) >= 11 is 0. The third-order valence-corrected chi connectivity index (χ3v) is 7.93. The molecule has 3 aromatic rings. The van der Waals surface area contributed by atoms with Crippen molar-refractivity contribution in [1.29, 1.82) is 0 Å². The van der Waals surface area contributed by atoms with Crippen molar-refractivity contribution in [1.82, 2.24) is 20.1 Å². The minimum absolute atomic E-state index is 0.000681. The molecule has 2 aliphatic rings. The number of alkyl halides is 3. The van der Waals surface area contributed by atoms with Crippen LogP contribution in [0, 0.1) is 11.7 Å². The second-order valence-corrected chi connectivity index (χ2v) is 10.9. The third kappa shape index (κ3) is 5.12. The predicted octanol–water partition coefficient (Wildman–Crippen LogP) is 3.49. The zero-order valence-corrected chi connectivity index (χ0v) is 23.3. The molecule has 1 unspecified atom stereocenters. The average molecular weight is 606 g/mol. The van der Waals surface area contributed by atoms with E-state index in [4.69, 9.17) is 4.42 Å². The third-order valence-electron chi connectivity index (χ3n) is 7.93. The Morgan fingerprint density at radius 2 is 1.72 bits per heavy atom. The number of likely N-dealkylation sites (N-methyl/N-ethyl adjacent to an activating group) is 1. The largest absolute Gasteiger partial charge is 0.417 e. The maximum atomic E-state index is 14.3. The van der Waals surface area contributed by atoms with E-state index in [-0.39, 0.29) is 31.5 Å². The van der Waals surface area contributed by atoms with Gasteiger partial charge in [-0.15, -0.1) is 0 Å². The van der Waals surface area contributed by atoms with Gasteiger partial charge in [-0.25, -0.2) is 14.0 Å². The molecular formula is C28H27F4N5O6. The number of carbonyl (C=O) groups excluding carboxylic acids is 4. The van der Waals surface area contributed by atoms with Crippen molar-refractivity contribution in [3.8, 4) is 0 Å². The fraction of sp³-hybridized carbons (Fsp3) is 0.393. The molecular weight excluding hydrogens is 578 g/mol. The SMILES string of the molecule is CC(C)C(NC(=O)c1cc(C(F)(F)F)ccc1F)C(=O)N1CCC2(CC1)C(=O)N(C)C(=O)N2c1ccc2[nH]c(=O)oc2c1. The number of carbonyl (C=O) groups is 4. The van der Waals surface area contributed by atoms with Crippen LogP contribution in [0.2, 0.25) is 0 Å². The van der Waals surface area contributed by atoms with Crippen LogP contribution < -0.4 is 16.0 Å². The summed E-state index contributed by atoms with van der Waals surface area (Å²) in [4.78, 5) is 70.8. The lowest BCUT2D eigenvalue weighted by Crippen LogP contribution is -2.60. The highest BCUT2D eigenvalue weighted by Gasteiger charge is 2.58. The zero-order valence-electron chi connectivity index (χ0n) is 23.3. The number of imide groups is 1. The standard InChI is InChI=1S/C28H27F4N5O6/c1-14(2)21(34-22(38)17-12-15(28(30,31)32)4-6-18(17)29)23(39)36-10-8-27(9-11-36)24(40)35(3)26(42)37(27)16-5-7-19-20(13-16)43-25(41)33-19/h4-7,12-14,21H,8-11H2,1-3H3,(H,33,41)(H,34,38). The van der Waals surface area contributed by atoms with Gasteiger partial charge in [0.15, 0.2) is 5.58 Å². The summed E-state index contributed by atoms with van der Waals surface area (Å²) in [6, 6.07) is 4.21. The molecule has 0 aliphatic carbocycles. The Morgan fingerprint density at radius 1 is 1.05 bits per heavy atom. The van der Waals surface area contributed by atoms with Gasteiger partial charge in [0.05, 0.1) is 22.3 Å². The van der Waals surface area contributed by atoms with E-state index >= 15 is 0 Å². The zero-order chi connectivity index (χ0) is 31.4. The van der Waals surface area contributed by atoms with E-state index in [9.17, 15) is 41.5 Å². The molecule has 2 aromatic carbocycles. The maximum absolute atomic E-state index is 14.3. The summed E-state index contributed by atoms with van der Waals surface area (Å²) < 4.78 is 58.9. The van der Waals surface area contributed by atoms with Crippen LogP contribution in [-0.4, -0.2) is 70.3 Å². The Labute approximate surface area is 241 Å². The highest BCUT2D eigenvalue weighted by Crippen LogP contribution is 2.41. The van der Waals surface area contributed by atoms with Crippen molar-refractivity contribution in [2.24, 2.45) is 5.92 Å². The second kappa shape index (κ2) is 10.5. The molecule has 1 atom stereocenters. The first-order valence-corrected chi connectivity index (χ1v) is 13.4. The number of urea groups is 1. The number of likely N-dealkylation sites (tertiary alicyclic amines) is 1. The molecule has 1 spiro atoms. The lowest BCUT2D eigenvalue weighted by Gasteiger charge is -2.43. The monoisotopic (exact) mass is 605 g/mol. The molecule has 1 aromatic heterocycles. The number of hydrogen-bond donors (Lipinski definition) is 2. The molecule has 2 fully saturated rings. The van der Waals surface area contributed by atoms with E-state index in [0.29, 0.717) is 29.4 Å². The molecule has 3 heterocycles. The van der Waals surface area contributed by atoms with Crippen LogP contribution in [0.1, 0.15) is 42.6 Å². The van der Waals surface area contributed by atoms with Crippen LogP contribution in [-0.2, 0) is 15.8 Å². The van der Waals surface area contributed by atoms with Crippen LogP contribution in [0.4, 0.5) is 28.0 Å². The summed E-state index contributed by atoms with van der Waals surface area (Å²) in [5.74, 6) is -4.61. The number of H-pyrrole nitrogens is 1. The minimum atomic E-state index is -4.80. The van der Waals surface area contributed by atoms with Gasteiger partial charge in [-0.3, -0.25) is 29.2 Å². The number of oxazole rings is 1. The van der Waals surface area contributed by atoms with E-state index < -0.39 is 70.1 Å². The van der Waals surface area contributed by atoms with Crippen molar-refractivity contribution in [3.05, 3.63) is 63.9 Å². The predicted molar refractivity (Wildman–Crippen MR) is 144 cm³/mol. The lowest BCUT2D eigenvalue weighted by atomic mass is 9.85. The number of piperidine rings is 1. The van der Waals surface area contributed by atoms with Gasteiger partial charge in [-0.2, -0.15) is 13.2 Å². The van der Waals surface area contributed by atoms with Gasteiger partial charge in [0.2, 0.25) is 5.91 Å². The molecule has 5 rings (SSSR count). The Balaban J connectivity index is 1.36. The molecule has 43 heavy (non-hydrogen) atoms. The van der Waals surface area contributed by atoms with E-state index in [1.165, 1.54) is 22.9 Å². The number of nitrogens with zero attached hydrogens (tertiary/aromatic N) is 3. The first-order valence-electron chi connectivity index (χ1n) is 13.4. The quantitative estimate of drug-likeness (QED) is 0.338. The summed E-state index contributed by atoms with van der Waals surface area (Å²) in [5, 5.41) is 2.37. The molecule has 0 radical (unpaired) electrons. The number of aromatic amines is 1. The van der Waals surface area contributed by atoms with Crippen molar-refractivity contribution in [2.75, 3.05) is 25.0 Å². The Morgan fingerprint density at radius 3 is 2.35 bits per heavy atom. The second-order valence-electron chi connectivity index (χ2n) is 10.9. The Bertz CT molecular complexity index is 1690. The fourth-order valence-electron chi connectivity index (χ4n) is 5.60. The number of aromatic nitrogens is 1. The van der Waals surface area contributed by atoms with Gasteiger partial charge in [-0.1, -0.05) is 13.8 Å². The first kappa shape index (κ1) is 29.8. The first-order chi connectivity index (χ1) is 20.1. The van der Waals surface area contributed by atoms with E-state index in [1.807, 2.05) is 0 Å². The number of fused-ring (bicyclic) bond motifs is 1. The number of anilines is 1. The minimum Gasteiger partial charge on any atom is -0.408 e. The van der Waals surface area contributed by atoms with E-state index in [2.05, 4.69) is 10.3 Å². The smallest absolute Gasteiger partial charge is 0.408 e. The van der Waals surface area contributed by atoms with Gasteiger partial charge < -0.3 is 14.6 Å². The van der Waals surface area contributed by atoms with Crippen LogP contribution in [0.3, 0.4) is 0 Å². The molecule has 2 aliphatic heterocycles. The van der Waals surface area contributed by atoms with Gasteiger partial charge in [0.25, 0.3) is 11.8 Å². The average Bonchev–Trinajstić information content (AvgIpc) is 3.40. The summed E-state index contributed by atoms with van der Waals surface area (Å²) in [6.07, 6.45) is -4.74. The highest BCUT2D eigenvalue weighted by atomic mass is 19.4. The molecule has 0 saturated carbocycles. The summed E-state index contributed by atoms with van der Waals surface area (Å²) in [6.45, 7) is 3.23. The van der Waals surface area contributed by atoms with E-state index in [0.717, 1.165) is 4.90 Å². The van der Waals surface area contributed by atoms with Gasteiger partial charge in [0, 0.05) is 26.2 Å². The Kier molecular flexibility index (Phi) is 7.30. The van der Waals surface area contributed by atoms with Crippen LogP contribution in [0.5, 0.6) is 0 Å². The molecule has 15 heteroatoms.